The van der Waals surface area contributed by atoms with Crippen LogP contribution in [0, 0.1) is 5.82 Å². The first-order valence-electron chi connectivity index (χ1n) is 6.87. The normalized spacial score (nSPS) is 13.5. The number of nitrogens with one attached hydrogen (secondary N) is 1. The summed E-state index contributed by atoms with van der Waals surface area (Å²) >= 11 is 0. The largest absolute Gasteiger partial charge is 0.379 e. The molecule has 0 spiro atoms. The average molecular weight is 268 g/mol. The maximum Gasteiger partial charge on any atom is 0.141 e. The standard InChI is InChI=1S/C15H25FN2O/c1-5-8-18-14(6-7-15(2,3)19-4)12-9-13(16)11-17-10-12/h9-11,14,18H,5-8H2,1-4H3. The number of ether oxygens (including phenoxy) is 1. The zero-order chi connectivity index (χ0) is 14.3. The molecule has 0 aromatic carbocycles. The Balaban J connectivity index is 2.71. The molecule has 0 amide bonds. The molecule has 0 aliphatic carbocycles. The maximum atomic E-state index is 13.3. The van der Waals surface area contributed by atoms with Crippen molar-refractivity contribution in [3.05, 3.63) is 29.8 Å². The molecule has 19 heavy (non-hydrogen) atoms. The van der Waals surface area contributed by atoms with Crippen molar-refractivity contribution in [2.45, 2.75) is 51.7 Å². The lowest BCUT2D eigenvalue weighted by atomic mass is 9.95. The fourth-order valence-electron chi connectivity index (χ4n) is 1.92. The summed E-state index contributed by atoms with van der Waals surface area (Å²) in [5, 5.41) is 3.45. The fraction of sp³-hybridized carbons (Fsp3) is 0.667. The Kier molecular flexibility index (Phi) is 6.38. The Morgan fingerprint density at radius 2 is 2.16 bits per heavy atom. The molecule has 0 radical (unpaired) electrons. The molecule has 1 atom stereocenters. The van der Waals surface area contributed by atoms with E-state index in [1.807, 2.05) is 0 Å². The van der Waals surface area contributed by atoms with Crippen molar-refractivity contribution in [1.29, 1.82) is 0 Å². The second kappa shape index (κ2) is 7.56. The molecule has 0 fully saturated rings. The first kappa shape index (κ1) is 16.1. The summed E-state index contributed by atoms with van der Waals surface area (Å²) in [5.74, 6) is -0.285. The Morgan fingerprint density at radius 1 is 1.42 bits per heavy atom. The van der Waals surface area contributed by atoms with Gasteiger partial charge in [-0.25, -0.2) is 4.39 Å². The molecule has 1 heterocycles. The summed E-state index contributed by atoms with van der Waals surface area (Å²) in [5.41, 5.74) is 0.743. The van der Waals surface area contributed by atoms with E-state index in [1.54, 1.807) is 19.4 Å². The minimum atomic E-state index is -0.285. The van der Waals surface area contributed by atoms with E-state index in [0.29, 0.717) is 0 Å². The molecule has 1 unspecified atom stereocenters. The van der Waals surface area contributed by atoms with Crippen LogP contribution in [0.25, 0.3) is 0 Å². The van der Waals surface area contributed by atoms with Gasteiger partial charge < -0.3 is 10.1 Å². The maximum absolute atomic E-state index is 13.3. The molecule has 0 saturated heterocycles. The van der Waals surface area contributed by atoms with Crippen molar-refractivity contribution < 1.29 is 9.13 Å². The van der Waals surface area contributed by atoms with Crippen molar-refractivity contribution >= 4 is 0 Å². The Labute approximate surface area is 115 Å². The number of methoxy groups -OCH3 is 1. The van der Waals surface area contributed by atoms with Crippen LogP contribution in [0.2, 0.25) is 0 Å². The summed E-state index contributed by atoms with van der Waals surface area (Å²) in [6.07, 6.45) is 5.82. The third-order valence-corrected chi connectivity index (χ3v) is 3.36. The lowest BCUT2D eigenvalue weighted by Crippen LogP contribution is -2.28. The third kappa shape index (κ3) is 5.66. The van der Waals surface area contributed by atoms with Crippen molar-refractivity contribution in [1.82, 2.24) is 10.3 Å². The first-order chi connectivity index (χ1) is 8.98. The number of hydrogen-bond acceptors (Lipinski definition) is 3. The monoisotopic (exact) mass is 268 g/mol. The predicted octanol–water partition coefficient (Wildman–Crippen LogP) is 3.47. The lowest BCUT2D eigenvalue weighted by Gasteiger charge is -2.26. The fourth-order valence-corrected chi connectivity index (χ4v) is 1.92. The summed E-state index contributed by atoms with van der Waals surface area (Å²) in [4.78, 5) is 3.93. The molecule has 1 aromatic rings. The number of pyridine rings is 1. The molecular weight excluding hydrogens is 243 g/mol. The van der Waals surface area contributed by atoms with Gasteiger partial charge in [0.05, 0.1) is 11.8 Å². The van der Waals surface area contributed by atoms with Crippen LogP contribution in [0.1, 0.15) is 51.6 Å². The van der Waals surface area contributed by atoms with Gasteiger partial charge in [-0.05, 0) is 51.3 Å². The number of aromatic nitrogens is 1. The highest BCUT2D eigenvalue weighted by Crippen LogP contribution is 2.24. The van der Waals surface area contributed by atoms with Gasteiger partial charge in [0.2, 0.25) is 0 Å². The van der Waals surface area contributed by atoms with E-state index in [1.165, 1.54) is 6.20 Å². The lowest BCUT2D eigenvalue weighted by molar-refractivity contribution is 0.0116. The summed E-state index contributed by atoms with van der Waals surface area (Å²) < 4.78 is 18.7. The van der Waals surface area contributed by atoms with E-state index < -0.39 is 0 Å². The van der Waals surface area contributed by atoms with Crippen molar-refractivity contribution in [3.63, 3.8) is 0 Å². The van der Waals surface area contributed by atoms with Crippen LogP contribution in [-0.4, -0.2) is 24.2 Å². The zero-order valence-corrected chi connectivity index (χ0v) is 12.4. The molecule has 0 aliphatic rings. The second-order valence-electron chi connectivity index (χ2n) is 5.45. The molecule has 0 aliphatic heterocycles. The Morgan fingerprint density at radius 3 is 2.74 bits per heavy atom. The highest BCUT2D eigenvalue weighted by Gasteiger charge is 2.20. The number of halogens is 1. The highest BCUT2D eigenvalue weighted by molar-refractivity contribution is 5.15. The predicted molar refractivity (Wildman–Crippen MR) is 75.6 cm³/mol. The molecular formula is C15H25FN2O. The van der Waals surface area contributed by atoms with E-state index in [2.05, 4.69) is 31.1 Å². The van der Waals surface area contributed by atoms with Crippen molar-refractivity contribution in [2.24, 2.45) is 0 Å². The van der Waals surface area contributed by atoms with Gasteiger partial charge in [0.25, 0.3) is 0 Å². The van der Waals surface area contributed by atoms with Gasteiger partial charge in [0.15, 0.2) is 0 Å². The van der Waals surface area contributed by atoms with Crippen LogP contribution in [-0.2, 0) is 4.74 Å². The van der Waals surface area contributed by atoms with Crippen molar-refractivity contribution in [3.8, 4) is 0 Å². The number of hydrogen-bond donors (Lipinski definition) is 1. The molecule has 0 bridgehead atoms. The molecule has 1 rings (SSSR count). The molecule has 3 nitrogen and oxygen atoms in total. The molecule has 1 aromatic heterocycles. The van der Waals surface area contributed by atoms with Crippen LogP contribution in [0.3, 0.4) is 0 Å². The summed E-state index contributed by atoms with van der Waals surface area (Å²) in [6, 6.07) is 1.68. The van der Waals surface area contributed by atoms with Crippen LogP contribution in [0.15, 0.2) is 18.5 Å². The Bertz CT molecular complexity index is 382. The van der Waals surface area contributed by atoms with Gasteiger partial charge in [-0.1, -0.05) is 6.92 Å². The Hall–Kier alpha value is -1.00. The van der Waals surface area contributed by atoms with E-state index >= 15 is 0 Å². The van der Waals surface area contributed by atoms with Gasteiger partial charge in [-0.2, -0.15) is 0 Å². The van der Waals surface area contributed by atoms with E-state index in [-0.39, 0.29) is 17.5 Å². The quantitative estimate of drug-likeness (QED) is 0.784. The highest BCUT2D eigenvalue weighted by atomic mass is 19.1. The molecule has 1 N–H and O–H groups in total. The van der Waals surface area contributed by atoms with E-state index in [9.17, 15) is 4.39 Å². The minimum absolute atomic E-state index is 0.123. The molecule has 0 saturated carbocycles. The zero-order valence-electron chi connectivity index (χ0n) is 12.4. The SMILES string of the molecule is CCCNC(CCC(C)(C)OC)c1cncc(F)c1. The van der Waals surface area contributed by atoms with Crippen LogP contribution in [0.4, 0.5) is 4.39 Å². The third-order valence-electron chi connectivity index (χ3n) is 3.36. The van der Waals surface area contributed by atoms with E-state index in [4.69, 9.17) is 4.74 Å². The van der Waals surface area contributed by atoms with Crippen LogP contribution >= 0.6 is 0 Å². The van der Waals surface area contributed by atoms with Gasteiger partial charge in [0.1, 0.15) is 5.82 Å². The van der Waals surface area contributed by atoms with Gasteiger partial charge in [0, 0.05) is 19.3 Å². The first-order valence-corrected chi connectivity index (χ1v) is 6.87. The van der Waals surface area contributed by atoms with Crippen LogP contribution in [0.5, 0.6) is 0 Å². The van der Waals surface area contributed by atoms with Gasteiger partial charge in [-0.15, -0.1) is 0 Å². The number of rotatable bonds is 8. The second-order valence-corrected chi connectivity index (χ2v) is 5.45. The summed E-state index contributed by atoms with van der Waals surface area (Å²) in [7, 11) is 1.72. The van der Waals surface area contributed by atoms with E-state index in [0.717, 1.165) is 31.4 Å². The van der Waals surface area contributed by atoms with Crippen molar-refractivity contribution in [2.75, 3.05) is 13.7 Å². The number of nitrogens with zero attached hydrogens (tertiary/aromatic N) is 1. The minimum Gasteiger partial charge on any atom is -0.379 e. The average Bonchev–Trinajstić information content (AvgIpc) is 2.39. The van der Waals surface area contributed by atoms with Gasteiger partial charge in [-0.3, -0.25) is 4.98 Å². The van der Waals surface area contributed by atoms with Crippen LogP contribution < -0.4 is 5.32 Å². The topological polar surface area (TPSA) is 34.1 Å². The molecule has 108 valence electrons. The molecule has 4 heteroatoms. The van der Waals surface area contributed by atoms with Gasteiger partial charge >= 0.3 is 0 Å². The summed E-state index contributed by atoms with van der Waals surface area (Å²) in [6.45, 7) is 7.16. The smallest absolute Gasteiger partial charge is 0.141 e.